The van der Waals surface area contributed by atoms with Gasteiger partial charge in [0.25, 0.3) is 11.6 Å². The van der Waals surface area contributed by atoms with E-state index in [1.165, 1.54) is 28.9 Å². The van der Waals surface area contributed by atoms with E-state index >= 15 is 0 Å². The van der Waals surface area contributed by atoms with E-state index in [0.717, 1.165) is 0 Å². The highest BCUT2D eigenvalue weighted by atomic mass is 16.6. The molecule has 0 aliphatic heterocycles. The minimum Gasteiger partial charge on any atom is -0.378 e. The van der Waals surface area contributed by atoms with Gasteiger partial charge in [-0.05, 0) is 34.9 Å². The molecule has 13 heteroatoms. The smallest absolute Gasteiger partial charge is 0.294 e. The minimum atomic E-state index is -0.633. The monoisotopic (exact) mass is 433 g/mol. The highest BCUT2D eigenvalue weighted by Crippen LogP contribution is 2.26. The predicted octanol–water partition coefficient (Wildman–Crippen LogP) is 1.96. The van der Waals surface area contributed by atoms with Crippen molar-refractivity contribution in [1.82, 2.24) is 30.7 Å². The first-order chi connectivity index (χ1) is 15.5. The van der Waals surface area contributed by atoms with Gasteiger partial charge >= 0.3 is 0 Å². The summed E-state index contributed by atoms with van der Waals surface area (Å²) >= 11 is 0. The SMILES string of the molecule is CC(=NNC(=O)c1nnn(-c2nonc2N)c1-c1ccccc1)c1ccc([N+](=O)[O-])cc1. The van der Waals surface area contributed by atoms with Gasteiger partial charge in [0.1, 0.15) is 5.69 Å². The highest BCUT2D eigenvalue weighted by molar-refractivity contribution is 6.02. The van der Waals surface area contributed by atoms with Crippen LogP contribution in [-0.2, 0) is 0 Å². The zero-order valence-electron chi connectivity index (χ0n) is 16.5. The minimum absolute atomic E-state index is 0.0222. The number of hydrazone groups is 1. The van der Waals surface area contributed by atoms with E-state index in [1.807, 2.05) is 6.07 Å². The largest absolute Gasteiger partial charge is 0.378 e. The Hall–Kier alpha value is -4.94. The van der Waals surface area contributed by atoms with Crippen LogP contribution in [0.15, 0.2) is 64.3 Å². The molecule has 0 bridgehead atoms. The number of carbonyl (C=O) groups excluding carboxylic acids is 1. The number of hydrogen-bond donors (Lipinski definition) is 2. The summed E-state index contributed by atoms with van der Waals surface area (Å²) in [5, 5.41) is 30.1. The van der Waals surface area contributed by atoms with Crippen molar-refractivity contribution < 1.29 is 14.3 Å². The first-order valence-electron chi connectivity index (χ1n) is 9.14. The summed E-state index contributed by atoms with van der Waals surface area (Å²) in [4.78, 5) is 23.2. The Morgan fingerprint density at radius 3 is 2.50 bits per heavy atom. The van der Waals surface area contributed by atoms with E-state index in [4.69, 9.17) is 5.73 Å². The van der Waals surface area contributed by atoms with Gasteiger partial charge < -0.3 is 5.73 Å². The van der Waals surface area contributed by atoms with Gasteiger partial charge in [0.05, 0.1) is 10.6 Å². The van der Waals surface area contributed by atoms with E-state index in [9.17, 15) is 14.9 Å². The second-order valence-corrected chi connectivity index (χ2v) is 6.48. The number of anilines is 1. The lowest BCUT2D eigenvalue weighted by Gasteiger charge is -2.06. The van der Waals surface area contributed by atoms with E-state index < -0.39 is 10.8 Å². The van der Waals surface area contributed by atoms with Gasteiger partial charge in [0, 0.05) is 17.7 Å². The molecular weight excluding hydrogens is 418 g/mol. The summed E-state index contributed by atoms with van der Waals surface area (Å²) in [6.45, 7) is 1.65. The van der Waals surface area contributed by atoms with Crippen LogP contribution < -0.4 is 11.2 Å². The lowest BCUT2D eigenvalue weighted by molar-refractivity contribution is -0.384. The first-order valence-corrected chi connectivity index (χ1v) is 9.14. The molecule has 2 aromatic heterocycles. The third kappa shape index (κ3) is 3.89. The Labute approximate surface area is 179 Å². The summed E-state index contributed by atoms with van der Waals surface area (Å²) in [5.41, 5.74) is 10.1. The molecule has 0 spiro atoms. The van der Waals surface area contributed by atoms with E-state index in [0.29, 0.717) is 22.5 Å². The van der Waals surface area contributed by atoms with Gasteiger partial charge in [0.15, 0.2) is 5.69 Å². The average Bonchev–Trinajstić information content (AvgIpc) is 3.43. The van der Waals surface area contributed by atoms with Crippen LogP contribution in [-0.4, -0.2) is 41.8 Å². The predicted molar refractivity (Wildman–Crippen MR) is 112 cm³/mol. The molecule has 2 heterocycles. The average molecular weight is 433 g/mol. The van der Waals surface area contributed by atoms with E-state index in [-0.39, 0.29) is 23.0 Å². The fourth-order valence-corrected chi connectivity index (χ4v) is 2.85. The van der Waals surface area contributed by atoms with Crippen LogP contribution in [0.5, 0.6) is 0 Å². The van der Waals surface area contributed by atoms with Crippen molar-refractivity contribution in [2.75, 3.05) is 5.73 Å². The van der Waals surface area contributed by atoms with Crippen molar-refractivity contribution in [2.24, 2.45) is 5.10 Å². The molecule has 4 rings (SSSR count). The van der Waals surface area contributed by atoms with Gasteiger partial charge in [-0.15, -0.1) is 5.10 Å². The molecule has 0 saturated carbocycles. The third-order valence-corrected chi connectivity index (χ3v) is 4.45. The topological polar surface area (TPSA) is 180 Å². The Kier molecular flexibility index (Phi) is 5.36. The summed E-state index contributed by atoms with van der Waals surface area (Å²) in [6.07, 6.45) is 0. The van der Waals surface area contributed by atoms with Crippen LogP contribution in [0.4, 0.5) is 11.5 Å². The summed E-state index contributed by atoms with van der Waals surface area (Å²) in [5.74, 6) is -0.571. The number of nitrogens with one attached hydrogen (secondary N) is 1. The molecule has 0 fully saturated rings. The number of nitrogens with zero attached hydrogens (tertiary/aromatic N) is 7. The van der Waals surface area contributed by atoms with Gasteiger partial charge in [-0.2, -0.15) is 9.78 Å². The van der Waals surface area contributed by atoms with Crippen LogP contribution in [0.1, 0.15) is 23.0 Å². The molecule has 32 heavy (non-hydrogen) atoms. The number of nitrogens with two attached hydrogens (primary N) is 1. The van der Waals surface area contributed by atoms with E-state index in [1.54, 1.807) is 31.2 Å². The van der Waals surface area contributed by atoms with E-state index in [2.05, 4.69) is 35.8 Å². The summed E-state index contributed by atoms with van der Waals surface area (Å²) < 4.78 is 5.89. The fraction of sp³-hybridized carbons (Fsp3) is 0.0526. The number of nitro groups is 1. The number of non-ortho nitro benzene ring substituents is 1. The quantitative estimate of drug-likeness (QED) is 0.261. The van der Waals surface area contributed by atoms with Gasteiger partial charge in [-0.1, -0.05) is 35.5 Å². The molecule has 0 saturated heterocycles. The molecule has 4 aromatic rings. The number of carbonyl (C=O) groups is 1. The molecular formula is C19H15N9O4. The zero-order chi connectivity index (χ0) is 22.7. The maximum Gasteiger partial charge on any atom is 0.294 e. The zero-order valence-corrected chi connectivity index (χ0v) is 16.5. The van der Waals surface area contributed by atoms with Gasteiger partial charge in [0.2, 0.25) is 11.6 Å². The Morgan fingerprint density at radius 1 is 1.16 bits per heavy atom. The number of amides is 1. The third-order valence-electron chi connectivity index (χ3n) is 4.45. The second kappa shape index (κ2) is 8.43. The fourth-order valence-electron chi connectivity index (χ4n) is 2.85. The summed E-state index contributed by atoms with van der Waals surface area (Å²) in [7, 11) is 0. The van der Waals surface area contributed by atoms with Crippen molar-refractivity contribution in [3.63, 3.8) is 0 Å². The Balaban J connectivity index is 1.65. The number of nitro benzene ring substituents is 1. The van der Waals surface area contributed by atoms with Crippen molar-refractivity contribution in [2.45, 2.75) is 6.92 Å². The molecule has 0 aliphatic rings. The van der Waals surface area contributed by atoms with Crippen LogP contribution in [0.3, 0.4) is 0 Å². The van der Waals surface area contributed by atoms with Crippen molar-refractivity contribution >= 4 is 23.1 Å². The number of aromatic nitrogens is 5. The molecule has 160 valence electrons. The molecule has 0 atom stereocenters. The summed E-state index contributed by atoms with van der Waals surface area (Å²) in [6, 6.07) is 14.7. The van der Waals surface area contributed by atoms with Crippen LogP contribution >= 0.6 is 0 Å². The number of hydrogen-bond acceptors (Lipinski definition) is 10. The van der Waals surface area contributed by atoms with Gasteiger partial charge in [-0.25, -0.2) is 10.1 Å². The second-order valence-electron chi connectivity index (χ2n) is 6.48. The Bertz CT molecular complexity index is 1310. The molecule has 3 N–H and O–H groups in total. The molecule has 13 nitrogen and oxygen atoms in total. The first kappa shape index (κ1) is 20.3. The molecule has 2 aromatic carbocycles. The molecule has 0 unspecified atom stereocenters. The number of rotatable bonds is 6. The molecule has 1 amide bonds. The van der Waals surface area contributed by atoms with Crippen molar-refractivity contribution in [3.05, 3.63) is 76.0 Å². The van der Waals surface area contributed by atoms with Gasteiger partial charge in [-0.3, -0.25) is 14.9 Å². The highest BCUT2D eigenvalue weighted by Gasteiger charge is 2.25. The van der Waals surface area contributed by atoms with Crippen LogP contribution in [0.2, 0.25) is 0 Å². The molecule has 0 aliphatic carbocycles. The maximum atomic E-state index is 12.9. The van der Waals surface area contributed by atoms with Crippen LogP contribution in [0, 0.1) is 10.1 Å². The maximum absolute atomic E-state index is 12.9. The van der Waals surface area contributed by atoms with Crippen molar-refractivity contribution in [1.29, 1.82) is 0 Å². The molecule has 0 radical (unpaired) electrons. The lowest BCUT2D eigenvalue weighted by atomic mass is 10.1. The Morgan fingerprint density at radius 2 is 1.88 bits per heavy atom. The lowest BCUT2D eigenvalue weighted by Crippen LogP contribution is -2.21. The van der Waals surface area contributed by atoms with Crippen molar-refractivity contribution in [3.8, 4) is 17.1 Å². The number of nitrogen functional groups attached to an aromatic ring is 1. The normalized spacial score (nSPS) is 11.3. The van der Waals surface area contributed by atoms with Crippen LogP contribution in [0.25, 0.3) is 17.1 Å². The standard InChI is InChI=1S/C19H15N9O4/c1-11(12-7-9-14(10-8-12)28(30)31)21-23-19(29)15-16(13-5-3-2-4-6-13)27(26-22-15)18-17(20)24-32-25-18/h2-10H,1H3,(H2,20,24)(H,23,29). The number of benzene rings is 2.